The molecule has 0 aliphatic carbocycles. The minimum absolute atomic E-state index is 0.0872. The molecule has 0 unspecified atom stereocenters. The van der Waals surface area contributed by atoms with Crippen molar-refractivity contribution >= 4 is 6.03 Å². The number of hydrogen-bond acceptors (Lipinski definition) is 2. The first-order valence-corrected chi connectivity index (χ1v) is 4.71. The number of hydrogen-bond donors (Lipinski definition) is 0. The van der Waals surface area contributed by atoms with E-state index < -0.39 is 0 Å². The maximum absolute atomic E-state index is 11.4. The third kappa shape index (κ3) is 2.93. The maximum atomic E-state index is 11.4. The molecular formula is C10H17N3O. The summed E-state index contributed by atoms with van der Waals surface area (Å²) in [6, 6.07) is 0.0872. The van der Waals surface area contributed by atoms with Crippen molar-refractivity contribution in [3.8, 4) is 11.8 Å². The van der Waals surface area contributed by atoms with Crippen molar-refractivity contribution < 1.29 is 4.79 Å². The highest BCUT2D eigenvalue weighted by Crippen LogP contribution is 2.03. The zero-order valence-electron chi connectivity index (χ0n) is 9.08. The van der Waals surface area contributed by atoms with Crippen LogP contribution in [0, 0.1) is 11.8 Å². The van der Waals surface area contributed by atoms with E-state index >= 15 is 0 Å². The Balaban J connectivity index is 2.31. The minimum Gasteiger partial charge on any atom is -0.326 e. The molecule has 1 fully saturated rings. The SMILES string of the molecule is CN(C)CC#CCN1CCN(C)C1=O. The van der Waals surface area contributed by atoms with E-state index in [-0.39, 0.29) is 6.03 Å². The maximum Gasteiger partial charge on any atom is 0.320 e. The van der Waals surface area contributed by atoms with Crippen molar-refractivity contribution in [2.24, 2.45) is 0 Å². The number of nitrogens with zero attached hydrogens (tertiary/aromatic N) is 3. The minimum atomic E-state index is 0.0872. The van der Waals surface area contributed by atoms with Crippen LogP contribution in [-0.4, -0.2) is 68.1 Å². The first kappa shape index (κ1) is 10.9. The Morgan fingerprint density at radius 1 is 1.36 bits per heavy atom. The molecular weight excluding hydrogens is 178 g/mol. The Morgan fingerprint density at radius 3 is 2.57 bits per heavy atom. The fraction of sp³-hybridized carbons (Fsp3) is 0.700. The number of carbonyl (C=O) groups is 1. The predicted octanol–water partition coefficient (Wildman–Crippen LogP) is -0.0812. The second-order valence-electron chi connectivity index (χ2n) is 3.72. The Morgan fingerprint density at radius 2 is 2.07 bits per heavy atom. The summed E-state index contributed by atoms with van der Waals surface area (Å²) in [6.45, 7) is 2.91. The Kier molecular flexibility index (Phi) is 3.78. The zero-order valence-corrected chi connectivity index (χ0v) is 9.08. The van der Waals surface area contributed by atoms with E-state index in [1.165, 1.54) is 0 Å². The van der Waals surface area contributed by atoms with Gasteiger partial charge in [0.1, 0.15) is 0 Å². The van der Waals surface area contributed by atoms with E-state index in [9.17, 15) is 4.79 Å². The van der Waals surface area contributed by atoms with Crippen LogP contribution in [-0.2, 0) is 0 Å². The van der Waals surface area contributed by atoms with Crippen LogP contribution in [0.25, 0.3) is 0 Å². The van der Waals surface area contributed by atoms with Crippen LogP contribution in [0.3, 0.4) is 0 Å². The topological polar surface area (TPSA) is 26.8 Å². The van der Waals surface area contributed by atoms with Crippen LogP contribution < -0.4 is 0 Å². The van der Waals surface area contributed by atoms with Crippen LogP contribution in [0.2, 0.25) is 0 Å². The van der Waals surface area contributed by atoms with E-state index in [1.54, 1.807) is 9.80 Å². The summed E-state index contributed by atoms with van der Waals surface area (Å²) in [5, 5.41) is 0. The van der Waals surface area contributed by atoms with Gasteiger partial charge in [-0.15, -0.1) is 0 Å². The second kappa shape index (κ2) is 4.87. The molecule has 4 heteroatoms. The van der Waals surface area contributed by atoms with Crippen molar-refractivity contribution in [3.63, 3.8) is 0 Å². The van der Waals surface area contributed by atoms with Crippen molar-refractivity contribution in [1.29, 1.82) is 0 Å². The monoisotopic (exact) mass is 195 g/mol. The summed E-state index contributed by atoms with van der Waals surface area (Å²) in [5.74, 6) is 6.01. The van der Waals surface area contributed by atoms with Gasteiger partial charge in [0.05, 0.1) is 13.1 Å². The highest BCUT2D eigenvalue weighted by Gasteiger charge is 2.23. The van der Waals surface area contributed by atoms with Crippen LogP contribution in [0.5, 0.6) is 0 Å². The Labute approximate surface area is 85.5 Å². The molecule has 2 amide bonds. The molecule has 0 aromatic rings. The van der Waals surface area contributed by atoms with Gasteiger partial charge in [-0.3, -0.25) is 4.90 Å². The largest absolute Gasteiger partial charge is 0.326 e. The number of carbonyl (C=O) groups excluding carboxylic acids is 1. The van der Waals surface area contributed by atoms with Gasteiger partial charge in [0.25, 0.3) is 0 Å². The summed E-state index contributed by atoms with van der Waals surface area (Å²) in [4.78, 5) is 16.9. The van der Waals surface area contributed by atoms with Gasteiger partial charge in [-0.05, 0) is 14.1 Å². The third-order valence-corrected chi connectivity index (χ3v) is 2.09. The lowest BCUT2D eigenvalue weighted by molar-refractivity contribution is 0.202. The standard InChI is InChI=1S/C10H17N3O/c1-11(2)6-4-5-7-13-9-8-12(3)10(13)14/h6-9H2,1-3H3. The van der Waals surface area contributed by atoms with Gasteiger partial charge in [0.2, 0.25) is 0 Å². The number of urea groups is 1. The predicted molar refractivity (Wildman–Crippen MR) is 55.9 cm³/mol. The van der Waals surface area contributed by atoms with Gasteiger partial charge in [-0.1, -0.05) is 11.8 Å². The summed E-state index contributed by atoms with van der Waals surface area (Å²) >= 11 is 0. The third-order valence-electron chi connectivity index (χ3n) is 2.09. The van der Waals surface area contributed by atoms with Gasteiger partial charge in [0.15, 0.2) is 0 Å². The van der Waals surface area contributed by atoms with Crippen molar-refractivity contribution in [2.45, 2.75) is 0 Å². The smallest absolute Gasteiger partial charge is 0.320 e. The Hall–Kier alpha value is -1.21. The average Bonchev–Trinajstić information content (AvgIpc) is 2.43. The highest BCUT2D eigenvalue weighted by atomic mass is 16.2. The summed E-state index contributed by atoms with van der Waals surface area (Å²) in [5.41, 5.74) is 0. The van der Waals surface area contributed by atoms with Crippen molar-refractivity contribution in [2.75, 3.05) is 47.3 Å². The van der Waals surface area contributed by atoms with Crippen molar-refractivity contribution in [1.82, 2.24) is 14.7 Å². The Bertz CT molecular complexity index is 264. The highest BCUT2D eigenvalue weighted by molar-refractivity contribution is 5.76. The van der Waals surface area contributed by atoms with E-state index in [1.807, 2.05) is 26.0 Å². The van der Waals surface area contributed by atoms with Gasteiger partial charge < -0.3 is 9.80 Å². The number of rotatable bonds is 2. The molecule has 1 heterocycles. The van der Waals surface area contributed by atoms with E-state index in [0.717, 1.165) is 19.6 Å². The van der Waals surface area contributed by atoms with Gasteiger partial charge in [0, 0.05) is 20.1 Å². The normalized spacial score (nSPS) is 16.1. The molecule has 0 radical (unpaired) electrons. The molecule has 0 bridgehead atoms. The lowest BCUT2D eigenvalue weighted by Crippen LogP contribution is -2.29. The van der Waals surface area contributed by atoms with E-state index in [4.69, 9.17) is 0 Å². The second-order valence-corrected chi connectivity index (χ2v) is 3.72. The molecule has 1 rings (SSSR count). The van der Waals surface area contributed by atoms with Crippen LogP contribution in [0.4, 0.5) is 4.79 Å². The molecule has 1 saturated heterocycles. The fourth-order valence-electron chi connectivity index (χ4n) is 1.22. The van der Waals surface area contributed by atoms with Crippen molar-refractivity contribution in [3.05, 3.63) is 0 Å². The fourth-order valence-corrected chi connectivity index (χ4v) is 1.22. The molecule has 0 spiro atoms. The molecule has 0 aromatic heterocycles. The summed E-state index contributed by atoms with van der Waals surface area (Å²) < 4.78 is 0. The van der Waals surface area contributed by atoms with Gasteiger partial charge >= 0.3 is 6.03 Å². The molecule has 14 heavy (non-hydrogen) atoms. The molecule has 4 nitrogen and oxygen atoms in total. The summed E-state index contributed by atoms with van der Waals surface area (Å²) in [7, 11) is 5.77. The molecule has 0 aromatic carbocycles. The van der Waals surface area contributed by atoms with Crippen LogP contribution >= 0.6 is 0 Å². The van der Waals surface area contributed by atoms with Gasteiger partial charge in [-0.2, -0.15) is 0 Å². The molecule has 0 N–H and O–H groups in total. The first-order chi connectivity index (χ1) is 6.61. The van der Waals surface area contributed by atoms with Gasteiger partial charge in [-0.25, -0.2) is 4.79 Å². The first-order valence-electron chi connectivity index (χ1n) is 4.71. The molecule has 1 aliphatic rings. The quantitative estimate of drug-likeness (QED) is 0.576. The van der Waals surface area contributed by atoms with E-state index in [0.29, 0.717) is 6.54 Å². The average molecular weight is 195 g/mol. The van der Waals surface area contributed by atoms with Crippen LogP contribution in [0.1, 0.15) is 0 Å². The zero-order chi connectivity index (χ0) is 10.6. The molecule has 1 aliphatic heterocycles. The lowest BCUT2D eigenvalue weighted by Gasteiger charge is -2.11. The lowest BCUT2D eigenvalue weighted by atomic mass is 10.5. The number of likely N-dealkylation sites (N-methyl/N-ethyl adjacent to an activating group) is 1. The number of amides is 2. The summed E-state index contributed by atoms with van der Waals surface area (Å²) in [6.07, 6.45) is 0. The molecule has 0 saturated carbocycles. The molecule has 0 atom stereocenters. The molecule has 78 valence electrons. The van der Waals surface area contributed by atoms with Crippen LogP contribution in [0.15, 0.2) is 0 Å². The van der Waals surface area contributed by atoms with E-state index in [2.05, 4.69) is 11.8 Å².